The van der Waals surface area contributed by atoms with Gasteiger partial charge in [0.05, 0.1) is 18.8 Å². The summed E-state index contributed by atoms with van der Waals surface area (Å²) < 4.78 is 0. The summed E-state index contributed by atoms with van der Waals surface area (Å²) in [6.07, 6.45) is 0.911. The standard InChI is InChI=1S/C19H28N6OS.HI/c1-24(2)17-9-5-7-15(23-17)13-21-19(22-14-18(26)25(3)4)20-11-10-16-8-6-12-27-16;/h5-9,12H,10-11,13-14H2,1-4H3,(H2,20,21,22);1H. The molecule has 0 fully saturated rings. The van der Waals surface area contributed by atoms with Crippen LogP contribution in [0.1, 0.15) is 10.6 Å². The number of aromatic nitrogens is 1. The topological polar surface area (TPSA) is 72.9 Å². The van der Waals surface area contributed by atoms with Gasteiger partial charge in [0.2, 0.25) is 5.91 Å². The van der Waals surface area contributed by atoms with Crippen molar-refractivity contribution in [2.45, 2.75) is 13.0 Å². The van der Waals surface area contributed by atoms with Crippen LogP contribution in [0.4, 0.5) is 5.82 Å². The van der Waals surface area contributed by atoms with Crippen LogP contribution < -0.4 is 15.5 Å². The molecule has 0 aliphatic rings. The van der Waals surface area contributed by atoms with E-state index in [-0.39, 0.29) is 36.4 Å². The molecule has 0 aliphatic carbocycles. The zero-order valence-electron chi connectivity index (χ0n) is 16.8. The minimum Gasteiger partial charge on any atom is -0.363 e. The van der Waals surface area contributed by atoms with Gasteiger partial charge in [0, 0.05) is 39.6 Å². The van der Waals surface area contributed by atoms with Crippen molar-refractivity contribution >= 4 is 53.0 Å². The van der Waals surface area contributed by atoms with E-state index in [0.29, 0.717) is 12.5 Å². The molecule has 0 spiro atoms. The van der Waals surface area contributed by atoms with Crippen molar-refractivity contribution in [1.82, 2.24) is 20.5 Å². The first-order valence-electron chi connectivity index (χ1n) is 8.83. The number of nitrogens with zero attached hydrogens (tertiary/aromatic N) is 4. The van der Waals surface area contributed by atoms with Crippen molar-refractivity contribution < 1.29 is 4.79 Å². The number of thiophene rings is 1. The molecule has 0 saturated carbocycles. The molecule has 154 valence electrons. The van der Waals surface area contributed by atoms with Gasteiger partial charge in [0.15, 0.2) is 5.96 Å². The van der Waals surface area contributed by atoms with Gasteiger partial charge in [0.1, 0.15) is 5.82 Å². The maximum atomic E-state index is 11.9. The van der Waals surface area contributed by atoms with Crippen LogP contribution in [0.5, 0.6) is 0 Å². The lowest BCUT2D eigenvalue weighted by Gasteiger charge is -2.15. The third-order valence-corrected chi connectivity index (χ3v) is 4.74. The number of likely N-dealkylation sites (N-methyl/N-ethyl adjacent to an activating group) is 1. The molecule has 0 aromatic carbocycles. The summed E-state index contributed by atoms with van der Waals surface area (Å²) in [6.45, 7) is 1.38. The molecule has 1 amide bonds. The SMILES string of the molecule is CN(C)C(=O)CNC(=NCc1cccc(N(C)C)n1)NCCc1cccs1.I. The predicted octanol–water partition coefficient (Wildman–Crippen LogP) is 2.19. The number of carbonyl (C=O) groups excluding carboxylic acids is 1. The molecule has 9 heteroatoms. The third-order valence-electron chi connectivity index (χ3n) is 3.80. The second-order valence-electron chi connectivity index (χ2n) is 6.44. The fourth-order valence-electron chi connectivity index (χ4n) is 2.21. The van der Waals surface area contributed by atoms with E-state index < -0.39 is 0 Å². The first-order chi connectivity index (χ1) is 13.0. The third kappa shape index (κ3) is 8.42. The number of halogens is 1. The highest BCUT2D eigenvalue weighted by Gasteiger charge is 2.07. The van der Waals surface area contributed by atoms with Crippen LogP contribution in [0.3, 0.4) is 0 Å². The summed E-state index contributed by atoms with van der Waals surface area (Å²) in [7, 11) is 7.39. The van der Waals surface area contributed by atoms with E-state index >= 15 is 0 Å². The number of aliphatic imine (C=N–C) groups is 1. The summed E-state index contributed by atoms with van der Waals surface area (Å²) >= 11 is 1.74. The zero-order chi connectivity index (χ0) is 19.6. The van der Waals surface area contributed by atoms with Crippen molar-refractivity contribution in [1.29, 1.82) is 0 Å². The van der Waals surface area contributed by atoms with Crippen LogP contribution in [0, 0.1) is 0 Å². The van der Waals surface area contributed by atoms with E-state index in [2.05, 4.69) is 32.1 Å². The molecule has 2 rings (SSSR count). The lowest BCUT2D eigenvalue weighted by molar-refractivity contribution is -0.127. The molecule has 2 aromatic rings. The first-order valence-corrected chi connectivity index (χ1v) is 9.71. The summed E-state index contributed by atoms with van der Waals surface area (Å²) in [5.41, 5.74) is 0.875. The Balaban J connectivity index is 0.00000392. The Morgan fingerprint density at radius 3 is 2.57 bits per heavy atom. The first kappa shape index (κ1) is 24.2. The molecule has 0 aliphatic heterocycles. The van der Waals surface area contributed by atoms with Gasteiger partial charge < -0.3 is 20.4 Å². The Morgan fingerprint density at radius 1 is 1.14 bits per heavy atom. The Kier molecular flexibility index (Phi) is 10.8. The van der Waals surface area contributed by atoms with Crippen molar-refractivity contribution in [2.24, 2.45) is 4.99 Å². The van der Waals surface area contributed by atoms with E-state index in [0.717, 1.165) is 24.5 Å². The van der Waals surface area contributed by atoms with Crippen molar-refractivity contribution in [3.05, 3.63) is 46.3 Å². The maximum Gasteiger partial charge on any atom is 0.241 e. The summed E-state index contributed by atoms with van der Waals surface area (Å²) in [6, 6.07) is 10.0. The fourth-order valence-corrected chi connectivity index (χ4v) is 2.92. The summed E-state index contributed by atoms with van der Waals surface area (Å²) in [5.74, 6) is 1.50. The lowest BCUT2D eigenvalue weighted by Crippen LogP contribution is -2.43. The van der Waals surface area contributed by atoms with Crippen LogP contribution in [0.25, 0.3) is 0 Å². The van der Waals surface area contributed by atoms with Gasteiger partial charge in [-0.2, -0.15) is 0 Å². The second-order valence-corrected chi connectivity index (χ2v) is 7.48. The number of pyridine rings is 1. The zero-order valence-corrected chi connectivity index (χ0v) is 20.0. The molecule has 0 atom stereocenters. The van der Waals surface area contributed by atoms with Gasteiger partial charge in [0.25, 0.3) is 0 Å². The van der Waals surface area contributed by atoms with Crippen LogP contribution >= 0.6 is 35.3 Å². The molecule has 7 nitrogen and oxygen atoms in total. The number of hydrogen-bond donors (Lipinski definition) is 2. The van der Waals surface area contributed by atoms with Gasteiger partial charge >= 0.3 is 0 Å². The fraction of sp³-hybridized carbons (Fsp3) is 0.421. The molecule has 0 unspecified atom stereocenters. The number of hydrogen-bond acceptors (Lipinski definition) is 5. The molecule has 2 heterocycles. The van der Waals surface area contributed by atoms with Crippen LogP contribution in [-0.4, -0.2) is 63.0 Å². The van der Waals surface area contributed by atoms with Gasteiger partial charge in [-0.1, -0.05) is 12.1 Å². The lowest BCUT2D eigenvalue weighted by atomic mass is 10.3. The van der Waals surface area contributed by atoms with Crippen LogP contribution in [-0.2, 0) is 17.8 Å². The average Bonchev–Trinajstić information content (AvgIpc) is 3.16. The number of anilines is 1. The largest absolute Gasteiger partial charge is 0.363 e. The Morgan fingerprint density at radius 2 is 1.93 bits per heavy atom. The summed E-state index contributed by atoms with van der Waals surface area (Å²) in [5, 5.41) is 8.47. The van der Waals surface area contributed by atoms with Crippen LogP contribution in [0.2, 0.25) is 0 Å². The molecule has 0 radical (unpaired) electrons. The molecule has 2 N–H and O–H groups in total. The van der Waals surface area contributed by atoms with E-state index in [1.807, 2.05) is 43.3 Å². The Hall–Kier alpha value is -1.88. The minimum atomic E-state index is -0.00418. The Bertz CT molecular complexity index is 749. The van der Waals surface area contributed by atoms with E-state index in [4.69, 9.17) is 0 Å². The summed E-state index contributed by atoms with van der Waals surface area (Å²) in [4.78, 5) is 25.9. The Labute approximate surface area is 188 Å². The molecule has 0 saturated heterocycles. The van der Waals surface area contributed by atoms with Gasteiger partial charge in [-0.25, -0.2) is 9.98 Å². The van der Waals surface area contributed by atoms with Crippen LogP contribution in [0.15, 0.2) is 40.7 Å². The monoisotopic (exact) mass is 516 g/mol. The van der Waals surface area contributed by atoms with E-state index in [9.17, 15) is 4.79 Å². The van der Waals surface area contributed by atoms with E-state index in [1.54, 1.807) is 30.3 Å². The van der Waals surface area contributed by atoms with Gasteiger partial charge in [-0.15, -0.1) is 35.3 Å². The number of amides is 1. The minimum absolute atomic E-state index is 0. The quantitative estimate of drug-likeness (QED) is 0.320. The number of guanidine groups is 1. The molecule has 0 bridgehead atoms. The van der Waals surface area contributed by atoms with Crippen molar-refractivity contribution in [3.63, 3.8) is 0 Å². The highest BCUT2D eigenvalue weighted by molar-refractivity contribution is 14.0. The highest BCUT2D eigenvalue weighted by Crippen LogP contribution is 2.09. The van der Waals surface area contributed by atoms with Gasteiger partial charge in [-0.3, -0.25) is 4.79 Å². The number of nitrogens with one attached hydrogen (secondary N) is 2. The smallest absolute Gasteiger partial charge is 0.241 e. The van der Waals surface area contributed by atoms with E-state index in [1.165, 1.54) is 4.88 Å². The number of carbonyl (C=O) groups is 1. The van der Waals surface area contributed by atoms with Crippen molar-refractivity contribution in [3.8, 4) is 0 Å². The maximum absolute atomic E-state index is 11.9. The van der Waals surface area contributed by atoms with Crippen molar-refractivity contribution in [2.75, 3.05) is 46.2 Å². The molecule has 2 aromatic heterocycles. The molecular formula is C19H29IN6OS. The van der Waals surface area contributed by atoms with Gasteiger partial charge in [-0.05, 0) is 30.0 Å². The molecule has 28 heavy (non-hydrogen) atoms. The second kappa shape index (κ2) is 12.6. The predicted molar refractivity (Wildman–Crippen MR) is 128 cm³/mol. The molecular weight excluding hydrogens is 487 g/mol. The highest BCUT2D eigenvalue weighted by atomic mass is 127. The average molecular weight is 516 g/mol. The normalized spacial score (nSPS) is 10.8. The number of rotatable bonds is 8.